The van der Waals surface area contributed by atoms with Crippen LogP contribution in [-0.2, 0) is 32.7 Å². The van der Waals surface area contributed by atoms with Gasteiger partial charge in [-0.2, -0.15) is 0 Å². The fraction of sp³-hybridized carbons (Fsp3) is 0.800. The zero-order valence-electron chi connectivity index (χ0n) is 31.9. The maximum Gasteiger partial charge on any atom is 0.472 e. The Hall–Kier alpha value is -1.77. The van der Waals surface area contributed by atoms with Crippen LogP contribution in [0.2, 0.25) is 0 Å². The molecule has 0 saturated heterocycles. The first kappa shape index (κ1) is 48.2. The Morgan fingerprint density at radius 2 is 1.04 bits per heavy atom. The molecule has 10 heteroatoms. The molecule has 9 nitrogen and oxygen atoms in total. The number of carbonyl (C=O) groups is 2. The highest BCUT2D eigenvalue weighted by molar-refractivity contribution is 7.47. The molecule has 0 aliphatic rings. The lowest BCUT2D eigenvalue weighted by Gasteiger charge is -2.19. The van der Waals surface area contributed by atoms with Gasteiger partial charge < -0.3 is 20.1 Å². The fourth-order valence-electron chi connectivity index (χ4n) is 5.29. The smallest absolute Gasteiger partial charge is 0.462 e. The summed E-state index contributed by atoms with van der Waals surface area (Å²) in [6, 6.07) is 0. The van der Waals surface area contributed by atoms with Gasteiger partial charge in [0.05, 0.1) is 13.2 Å². The molecule has 0 aromatic rings. The molecule has 50 heavy (non-hydrogen) atoms. The number of allylic oxidation sites excluding steroid dienone is 6. The predicted octanol–water partition coefficient (Wildman–Crippen LogP) is 11.0. The van der Waals surface area contributed by atoms with Crippen molar-refractivity contribution in [3.63, 3.8) is 0 Å². The van der Waals surface area contributed by atoms with E-state index in [0.717, 1.165) is 51.4 Å². The molecule has 0 amide bonds. The Labute approximate surface area is 305 Å². The third-order valence-corrected chi connectivity index (χ3v) is 9.26. The number of rotatable bonds is 37. The molecule has 0 bridgehead atoms. The largest absolute Gasteiger partial charge is 0.472 e. The normalized spacial score (nSPS) is 13.8. The van der Waals surface area contributed by atoms with Gasteiger partial charge in [0.2, 0.25) is 0 Å². The van der Waals surface area contributed by atoms with Crippen LogP contribution in [-0.4, -0.2) is 49.3 Å². The van der Waals surface area contributed by atoms with Crippen LogP contribution in [0.5, 0.6) is 0 Å². The highest BCUT2D eigenvalue weighted by Gasteiger charge is 2.25. The summed E-state index contributed by atoms with van der Waals surface area (Å²) in [6.45, 7) is 3.65. The van der Waals surface area contributed by atoms with Gasteiger partial charge in [0.25, 0.3) is 0 Å². The molecule has 0 rings (SSSR count). The lowest BCUT2D eigenvalue weighted by molar-refractivity contribution is -0.161. The number of esters is 2. The van der Waals surface area contributed by atoms with Crippen LogP contribution in [0.25, 0.3) is 0 Å². The van der Waals surface area contributed by atoms with Crippen LogP contribution in [0, 0.1) is 0 Å². The number of carbonyl (C=O) groups excluding carboxylic acids is 2. The molecule has 0 saturated carbocycles. The molecule has 0 fully saturated rings. The molecule has 0 aromatic heterocycles. The van der Waals surface area contributed by atoms with Crippen molar-refractivity contribution in [2.45, 2.75) is 180 Å². The molecule has 0 aliphatic heterocycles. The summed E-state index contributed by atoms with van der Waals surface area (Å²) >= 11 is 0. The fourth-order valence-corrected chi connectivity index (χ4v) is 6.05. The third kappa shape index (κ3) is 36.0. The molecule has 1 unspecified atom stereocenters. The average Bonchev–Trinajstić information content (AvgIpc) is 3.10. The Morgan fingerprint density at radius 3 is 1.58 bits per heavy atom. The Bertz CT molecular complexity index is 923. The van der Waals surface area contributed by atoms with E-state index in [1.165, 1.54) is 89.9 Å². The topological polar surface area (TPSA) is 134 Å². The zero-order chi connectivity index (χ0) is 36.8. The number of ether oxygens (including phenoxy) is 2. The van der Waals surface area contributed by atoms with Crippen molar-refractivity contribution in [3.8, 4) is 0 Å². The van der Waals surface area contributed by atoms with Gasteiger partial charge in [-0.15, -0.1) is 0 Å². The Morgan fingerprint density at radius 1 is 0.600 bits per heavy atom. The monoisotopic (exact) mass is 728 g/mol. The van der Waals surface area contributed by atoms with E-state index in [-0.39, 0.29) is 32.6 Å². The summed E-state index contributed by atoms with van der Waals surface area (Å²) in [5, 5.41) is 0. The summed E-state index contributed by atoms with van der Waals surface area (Å²) in [5.41, 5.74) is 5.33. The summed E-state index contributed by atoms with van der Waals surface area (Å²) in [7, 11) is -4.38. The summed E-state index contributed by atoms with van der Waals surface area (Å²) in [6.07, 6.45) is 38.9. The highest BCUT2D eigenvalue weighted by Crippen LogP contribution is 2.43. The maximum absolute atomic E-state index is 12.5. The minimum atomic E-state index is -4.38. The van der Waals surface area contributed by atoms with E-state index < -0.39 is 32.5 Å². The number of hydrogen-bond acceptors (Lipinski definition) is 8. The lowest BCUT2D eigenvalue weighted by Crippen LogP contribution is -2.29. The first-order chi connectivity index (χ1) is 24.3. The van der Waals surface area contributed by atoms with Crippen molar-refractivity contribution in [3.05, 3.63) is 36.5 Å². The molecule has 0 radical (unpaired) electrons. The molecule has 2 atom stereocenters. The van der Waals surface area contributed by atoms with Crippen LogP contribution >= 0.6 is 7.82 Å². The van der Waals surface area contributed by atoms with Crippen molar-refractivity contribution in [2.75, 3.05) is 26.4 Å². The van der Waals surface area contributed by atoms with Gasteiger partial charge in [0, 0.05) is 19.4 Å². The van der Waals surface area contributed by atoms with Gasteiger partial charge in [-0.05, 0) is 51.4 Å². The highest BCUT2D eigenvalue weighted by atomic mass is 31.2. The van der Waals surface area contributed by atoms with Crippen LogP contribution in [0.3, 0.4) is 0 Å². The zero-order valence-corrected chi connectivity index (χ0v) is 32.8. The number of phosphoric ester groups is 1. The van der Waals surface area contributed by atoms with Crippen molar-refractivity contribution < 1.29 is 37.6 Å². The van der Waals surface area contributed by atoms with Crippen LogP contribution < -0.4 is 5.73 Å². The Balaban J connectivity index is 4.26. The summed E-state index contributed by atoms with van der Waals surface area (Å²) < 4.78 is 32.6. The van der Waals surface area contributed by atoms with E-state index in [2.05, 4.69) is 50.3 Å². The van der Waals surface area contributed by atoms with Gasteiger partial charge in [-0.3, -0.25) is 18.6 Å². The second kappa shape index (κ2) is 37.0. The molecular formula is C40H74NO8P. The minimum Gasteiger partial charge on any atom is -0.462 e. The molecule has 0 aromatic carbocycles. The first-order valence-electron chi connectivity index (χ1n) is 20.0. The maximum atomic E-state index is 12.5. The van der Waals surface area contributed by atoms with Gasteiger partial charge in [0.15, 0.2) is 6.10 Å². The average molecular weight is 728 g/mol. The van der Waals surface area contributed by atoms with E-state index in [1.54, 1.807) is 0 Å². The van der Waals surface area contributed by atoms with E-state index >= 15 is 0 Å². The van der Waals surface area contributed by atoms with Crippen molar-refractivity contribution in [2.24, 2.45) is 5.73 Å². The Kier molecular flexibility index (Phi) is 35.7. The predicted molar refractivity (Wildman–Crippen MR) is 206 cm³/mol. The minimum absolute atomic E-state index is 0.0476. The second-order valence-corrected chi connectivity index (χ2v) is 14.6. The van der Waals surface area contributed by atoms with E-state index in [1.807, 2.05) is 0 Å². The number of nitrogens with two attached hydrogens (primary N) is 1. The number of unbranched alkanes of at least 4 members (excludes halogenated alkanes) is 18. The SMILES string of the molecule is CCCCC/C=C\C/C=C\C/C=C\CCCCC(=O)O[C@H](COC(=O)CCCCCCCCCCCCCCCC)COP(=O)(O)OCCN. The van der Waals surface area contributed by atoms with Crippen LogP contribution in [0.4, 0.5) is 0 Å². The van der Waals surface area contributed by atoms with Crippen LogP contribution in [0.15, 0.2) is 36.5 Å². The van der Waals surface area contributed by atoms with E-state index in [9.17, 15) is 19.0 Å². The molecular weight excluding hydrogens is 653 g/mol. The third-order valence-electron chi connectivity index (χ3n) is 8.28. The van der Waals surface area contributed by atoms with Crippen molar-refractivity contribution >= 4 is 19.8 Å². The van der Waals surface area contributed by atoms with Gasteiger partial charge in [0.1, 0.15) is 6.61 Å². The molecule has 0 spiro atoms. The summed E-state index contributed by atoms with van der Waals surface area (Å²) in [5.74, 6) is -0.871. The first-order valence-corrected chi connectivity index (χ1v) is 21.5. The van der Waals surface area contributed by atoms with Crippen molar-refractivity contribution in [1.29, 1.82) is 0 Å². The van der Waals surface area contributed by atoms with Gasteiger partial charge in [-0.25, -0.2) is 4.57 Å². The lowest BCUT2D eigenvalue weighted by atomic mass is 10.0. The quantitative estimate of drug-likeness (QED) is 0.0277. The number of hydrogen-bond donors (Lipinski definition) is 2. The number of phosphoric acid groups is 1. The van der Waals surface area contributed by atoms with Crippen molar-refractivity contribution in [1.82, 2.24) is 0 Å². The van der Waals surface area contributed by atoms with Gasteiger partial charge in [-0.1, -0.05) is 147 Å². The summed E-state index contributed by atoms with van der Waals surface area (Å²) in [4.78, 5) is 34.7. The standard InChI is InChI=1S/C40H74NO8P/c1-3-5-7-9-11-13-15-17-19-21-23-25-27-29-31-33-40(43)49-38(37-48-50(44,45)47-35-34-41)36-46-39(42)32-30-28-26-24-22-20-18-16-14-12-10-8-6-4-2/h11,13,17,19,23,25,38H,3-10,12,14-16,18,20-22,24,26-37,41H2,1-2H3,(H,44,45)/b13-11-,19-17-,25-23-/t38-/m1/s1. The van der Waals surface area contributed by atoms with E-state index in [4.69, 9.17) is 24.3 Å². The van der Waals surface area contributed by atoms with E-state index in [0.29, 0.717) is 6.42 Å². The molecule has 292 valence electrons. The molecule has 0 aliphatic carbocycles. The second-order valence-electron chi connectivity index (χ2n) is 13.2. The van der Waals surface area contributed by atoms with Crippen LogP contribution in [0.1, 0.15) is 174 Å². The molecule has 3 N–H and O–H groups in total. The van der Waals surface area contributed by atoms with Gasteiger partial charge >= 0.3 is 19.8 Å². The molecule has 0 heterocycles.